The van der Waals surface area contributed by atoms with Gasteiger partial charge in [-0.25, -0.2) is 0 Å². The number of hydrogen-bond acceptors (Lipinski definition) is 4. The number of halogens is 1. The average molecular weight is 426 g/mol. The molecule has 3 amide bonds. The van der Waals surface area contributed by atoms with E-state index in [1.165, 1.54) is 7.05 Å². The minimum Gasteiger partial charge on any atom is -0.336 e. The van der Waals surface area contributed by atoms with Crippen LogP contribution < -0.4 is 0 Å². The fourth-order valence-corrected chi connectivity index (χ4v) is 5.01. The van der Waals surface area contributed by atoms with Crippen molar-refractivity contribution in [1.29, 1.82) is 0 Å². The number of piperidine rings is 1. The molecule has 30 heavy (non-hydrogen) atoms. The van der Waals surface area contributed by atoms with E-state index in [0.717, 1.165) is 29.7 Å². The molecule has 2 aliphatic rings. The number of carbonyl (C=O) groups excluding carboxylic acids is 3. The van der Waals surface area contributed by atoms with Crippen LogP contribution in [-0.4, -0.2) is 46.1 Å². The third kappa shape index (κ3) is 3.49. The van der Waals surface area contributed by atoms with Gasteiger partial charge in [-0.2, -0.15) is 0 Å². The van der Waals surface area contributed by atoms with E-state index in [-0.39, 0.29) is 36.6 Å². The van der Waals surface area contributed by atoms with Gasteiger partial charge >= 0.3 is 0 Å². The highest BCUT2D eigenvalue weighted by Crippen LogP contribution is 2.43. The summed E-state index contributed by atoms with van der Waals surface area (Å²) in [7, 11) is 1.47. The number of amides is 3. The van der Waals surface area contributed by atoms with Gasteiger partial charge in [-0.15, -0.1) is 0 Å². The predicted molar refractivity (Wildman–Crippen MR) is 113 cm³/mol. The van der Waals surface area contributed by atoms with Crippen LogP contribution in [0, 0.1) is 0 Å². The summed E-state index contributed by atoms with van der Waals surface area (Å²) in [5.41, 5.74) is 0.263. The molecule has 1 aromatic heterocycles. The quantitative estimate of drug-likeness (QED) is 0.703. The summed E-state index contributed by atoms with van der Waals surface area (Å²) in [6.07, 6.45) is 6.16. The van der Waals surface area contributed by atoms with Crippen LogP contribution in [0.1, 0.15) is 49.3 Å². The standard InChI is InChI=1S/C23H24ClN3O3/c1-26-20(28)13-23(22(26)30,17-8-2-3-9-18(17)24)14-21(29)27-12-5-4-10-19(27)16-7-6-11-25-15-16/h2-3,6-9,11,15,19H,4-5,10,12-14H2,1H3. The molecular weight excluding hydrogens is 402 g/mol. The molecule has 0 aliphatic carbocycles. The Bertz CT molecular complexity index is 981. The van der Waals surface area contributed by atoms with Crippen LogP contribution in [0.25, 0.3) is 0 Å². The maximum Gasteiger partial charge on any atom is 0.240 e. The number of likely N-dealkylation sites (N-methyl/N-ethyl adjacent to an activating group) is 1. The second-order valence-corrected chi connectivity index (χ2v) is 8.47. The van der Waals surface area contributed by atoms with Crippen molar-refractivity contribution in [2.75, 3.05) is 13.6 Å². The molecule has 2 saturated heterocycles. The first-order valence-electron chi connectivity index (χ1n) is 10.2. The van der Waals surface area contributed by atoms with Gasteiger partial charge in [0.05, 0.1) is 11.5 Å². The molecule has 6 nitrogen and oxygen atoms in total. The second-order valence-electron chi connectivity index (χ2n) is 8.06. The van der Waals surface area contributed by atoms with Gasteiger partial charge in [0.2, 0.25) is 17.7 Å². The summed E-state index contributed by atoms with van der Waals surface area (Å²) < 4.78 is 0. The van der Waals surface area contributed by atoms with Gasteiger partial charge in [-0.3, -0.25) is 24.3 Å². The Hall–Kier alpha value is -2.73. The van der Waals surface area contributed by atoms with Crippen molar-refractivity contribution in [2.24, 2.45) is 0 Å². The number of imide groups is 1. The zero-order valence-electron chi connectivity index (χ0n) is 16.9. The highest BCUT2D eigenvalue weighted by atomic mass is 35.5. The smallest absolute Gasteiger partial charge is 0.240 e. The Labute approximate surface area is 180 Å². The van der Waals surface area contributed by atoms with E-state index in [1.807, 2.05) is 17.0 Å². The van der Waals surface area contributed by atoms with Gasteiger partial charge in [-0.05, 0) is 42.5 Å². The van der Waals surface area contributed by atoms with E-state index >= 15 is 0 Å². The monoisotopic (exact) mass is 425 g/mol. The van der Waals surface area contributed by atoms with Crippen LogP contribution >= 0.6 is 11.6 Å². The molecule has 0 radical (unpaired) electrons. The minimum atomic E-state index is -1.27. The third-order valence-corrected chi connectivity index (χ3v) is 6.61. The fraction of sp³-hybridized carbons (Fsp3) is 0.391. The number of aromatic nitrogens is 1. The summed E-state index contributed by atoms with van der Waals surface area (Å²) in [6, 6.07) is 10.8. The van der Waals surface area contributed by atoms with Gasteiger partial charge in [0.1, 0.15) is 0 Å². The second kappa shape index (κ2) is 8.19. The van der Waals surface area contributed by atoms with Crippen molar-refractivity contribution in [3.8, 4) is 0 Å². The van der Waals surface area contributed by atoms with Crippen molar-refractivity contribution in [2.45, 2.75) is 43.6 Å². The molecule has 156 valence electrons. The normalized spacial score (nSPS) is 24.4. The lowest BCUT2D eigenvalue weighted by atomic mass is 9.75. The molecule has 3 heterocycles. The minimum absolute atomic E-state index is 0.0524. The molecule has 1 aromatic carbocycles. The summed E-state index contributed by atoms with van der Waals surface area (Å²) in [5.74, 6) is -0.806. The molecule has 2 aromatic rings. The van der Waals surface area contributed by atoms with Crippen molar-refractivity contribution >= 4 is 29.3 Å². The van der Waals surface area contributed by atoms with E-state index in [0.29, 0.717) is 17.1 Å². The number of hydrogen-bond donors (Lipinski definition) is 0. The summed E-state index contributed by atoms with van der Waals surface area (Å²) in [5, 5.41) is 0.393. The number of benzene rings is 1. The maximum absolute atomic E-state index is 13.6. The van der Waals surface area contributed by atoms with Crippen molar-refractivity contribution in [1.82, 2.24) is 14.8 Å². The summed E-state index contributed by atoms with van der Waals surface area (Å²) in [6.45, 7) is 0.620. The van der Waals surface area contributed by atoms with E-state index in [1.54, 1.807) is 36.7 Å². The van der Waals surface area contributed by atoms with Crippen LogP contribution in [0.4, 0.5) is 0 Å². The molecule has 2 fully saturated rings. The highest BCUT2D eigenvalue weighted by molar-refractivity contribution is 6.32. The molecule has 2 aliphatic heterocycles. The summed E-state index contributed by atoms with van der Waals surface area (Å²) in [4.78, 5) is 46.4. The maximum atomic E-state index is 13.6. The van der Waals surface area contributed by atoms with Crippen LogP contribution in [0.3, 0.4) is 0 Å². The molecule has 0 spiro atoms. The Kier molecular flexibility index (Phi) is 5.60. The van der Waals surface area contributed by atoms with E-state index < -0.39 is 5.41 Å². The van der Waals surface area contributed by atoms with Gasteiger partial charge < -0.3 is 4.90 Å². The lowest BCUT2D eigenvalue weighted by Crippen LogP contribution is -2.45. The van der Waals surface area contributed by atoms with Crippen molar-refractivity contribution in [3.05, 3.63) is 64.9 Å². The first-order chi connectivity index (χ1) is 14.4. The van der Waals surface area contributed by atoms with Gasteiger partial charge in [0, 0.05) is 43.9 Å². The predicted octanol–water partition coefficient (Wildman–Crippen LogP) is 3.51. The SMILES string of the molecule is CN1C(=O)CC(CC(=O)N2CCCCC2c2cccnc2)(c2ccccc2Cl)C1=O. The van der Waals surface area contributed by atoms with E-state index in [2.05, 4.69) is 4.98 Å². The van der Waals surface area contributed by atoms with Gasteiger partial charge in [0.25, 0.3) is 0 Å². The first kappa shape index (κ1) is 20.5. The highest BCUT2D eigenvalue weighted by Gasteiger charge is 2.54. The first-order valence-corrected chi connectivity index (χ1v) is 10.6. The van der Waals surface area contributed by atoms with E-state index in [4.69, 9.17) is 11.6 Å². The number of nitrogens with zero attached hydrogens (tertiary/aromatic N) is 3. The molecule has 0 bridgehead atoms. The number of likely N-dealkylation sites (tertiary alicyclic amines) is 2. The molecule has 2 atom stereocenters. The topological polar surface area (TPSA) is 70.6 Å². The van der Waals surface area contributed by atoms with Gasteiger partial charge in [-0.1, -0.05) is 35.9 Å². The Balaban J connectivity index is 1.70. The lowest BCUT2D eigenvalue weighted by molar-refractivity contribution is -0.143. The molecule has 4 rings (SSSR count). The Morgan fingerprint density at radius 2 is 2.00 bits per heavy atom. The van der Waals surface area contributed by atoms with Crippen molar-refractivity contribution < 1.29 is 14.4 Å². The zero-order valence-corrected chi connectivity index (χ0v) is 17.6. The van der Waals surface area contributed by atoms with Crippen LogP contribution in [0.15, 0.2) is 48.8 Å². The molecule has 0 saturated carbocycles. The van der Waals surface area contributed by atoms with Crippen LogP contribution in [-0.2, 0) is 19.8 Å². The summed E-state index contributed by atoms with van der Waals surface area (Å²) >= 11 is 6.43. The molecular formula is C23H24ClN3O3. The Morgan fingerprint density at radius 1 is 1.20 bits per heavy atom. The number of carbonyl (C=O) groups is 3. The van der Waals surface area contributed by atoms with E-state index in [9.17, 15) is 14.4 Å². The average Bonchev–Trinajstić information content (AvgIpc) is 2.98. The van der Waals surface area contributed by atoms with Crippen molar-refractivity contribution in [3.63, 3.8) is 0 Å². The molecule has 0 N–H and O–H groups in total. The molecule has 2 unspecified atom stereocenters. The zero-order chi connectivity index (χ0) is 21.3. The van der Waals surface area contributed by atoms with Crippen LogP contribution in [0.5, 0.6) is 0 Å². The largest absolute Gasteiger partial charge is 0.336 e. The Morgan fingerprint density at radius 3 is 2.67 bits per heavy atom. The molecule has 7 heteroatoms. The van der Waals surface area contributed by atoms with Crippen LogP contribution in [0.2, 0.25) is 5.02 Å². The third-order valence-electron chi connectivity index (χ3n) is 6.28. The fourth-order valence-electron chi connectivity index (χ4n) is 4.69. The number of rotatable bonds is 4. The number of pyridine rings is 1. The lowest BCUT2D eigenvalue weighted by Gasteiger charge is -2.38. The van der Waals surface area contributed by atoms with Gasteiger partial charge in [0.15, 0.2) is 0 Å².